The Morgan fingerprint density at radius 3 is 2.39 bits per heavy atom. The maximum atomic E-state index is 15.6. The highest BCUT2D eigenvalue weighted by Gasteiger charge is 2.81. The molecule has 3 aliphatic carbocycles. The second-order valence-electron chi connectivity index (χ2n) is 10.5. The van der Waals surface area contributed by atoms with E-state index >= 15 is 8.78 Å². The van der Waals surface area contributed by atoms with Crippen molar-refractivity contribution in [2.24, 2.45) is 5.41 Å². The van der Waals surface area contributed by atoms with Crippen molar-refractivity contribution < 1.29 is 31.9 Å². The molecule has 3 aromatic rings. The summed E-state index contributed by atoms with van der Waals surface area (Å²) in [6.07, 6.45) is -2.11. The quantitative estimate of drug-likeness (QED) is 0.322. The van der Waals surface area contributed by atoms with Gasteiger partial charge in [-0.25, -0.2) is 13.6 Å². The first-order valence-corrected chi connectivity index (χ1v) is 11.8. The second-order valence-corrected chi connectivity index (χ2v) is 10.5. The number of H-pyrrole nitrogens is 1. The van der Waals surface area contributed by atoms with Gasteiger partial charge in [0.2, 0.25) is 0 Å². The maximum absolute atomic E-state index is 15.6. The number of aliphatic carboxylic acids is 1. The van der Waals surface area contributed by atoms with Gasteiger partial charge in [-0.05, 0) is 68.0 Å². The van der Waals surface area contributed by atoms with Gasteiger partial charge in [0.05, 0.1) is 11.5 Å². The number of rotatable bonds is 4. The average molecular weight is 502 g/mol. The Kier molecular flexibility index (Phi) is 4.78. The normalized spacial score (nSPS) is 29.7. The van der Waals surface area contributed by atoms with E-state index in [1.165, 1.54) is 0 Å². The van der Waals surface area contributed by atoms with E-state index in [4.69, 9.17) is 5.11 Å². The lowest BCUT2D eigenvalue weighted by Gasteiger charge is -2.75. The number of benzene rings is 2. The molecule has 7 rings (SSSR count). The minimum Gasteiger partial charge on any atom is -0.478 e. The minimum atomic E-state index is -4.30. The number of aromatic nitrogens is 1. The van der Waals surface area contributed by atoms with Gasteiger partial charge in [-0.15, -0.1) is 0 Å². The number of fused-ring (bicyclic) bond motifs is 3. The number of carbonyl (C=O) groups is 1. The van der Waals surface area contributed by atoms with Crippen molar-refractivity contribution in [1.82, 2.24) is 9.88 Å². The van der Waals surface area contributed by atoms with Crippen molar-refractivity contribution in [2.45, 2.75) is 56.4 Å². The van der Waals surface area contributed by atoms with E-state index in [1.807, 2.05) is 36.1 Å². The monoisotopic (exact) mass is 502 g/mol. The van der Waals surface area contributed by atoms with Crippen LogP contribution in [0, 0.1) is 17.0 Å². The molecule has 0 radical (unpaired) electrons. The Hall–Kier alpha value is -3.20. The molecular formula is C27H23F5N2O2. The smallest absolute Gasteiger partial charge is 0.394 e. The summed E-state index contributed by atoms with van der Waals surface area (Å²) in [4.78, 5) is 16.1. The molecule has 2 aromatic carbocycles. The fourth-order valence-electron chi connectivity index (χ4n) is 6.92. The molecule has 0 unspecified atom stereocenters. The molecule has 9 heteroatoms. The van der Waals surface area contributed by atoms with Crippen molar-refractivity contribution in [3.8, 4) is 0 Å². The van der Waals surface area contributed by atoms with E-state index < -0.39 is 40.8 Å². The average Bonchev–Trinajstić information content (AvgIpc) is 3.08. The number of hydrogen-bond donors (Lipinski definition) is 2. The standard InChI is InChI=1S/C27H23F5N2O2/c1-14-8-17-16-4-2-3-5-20(16)33-23(17)24(34(14)26-11-25(12-26,13-26)27(30,31)32)22-18(28)9-15(10-19(22)29)6-7-21(35)36/h2-7,9-10,14,24,33H,8,11-13H2,1H3,(H,35,36)/b7-6+/t14-,24-,25?,26?/m0/s1. The molecule has 0 saturated heterocycles. The highest BCUT2D eigenvalue weighted by Crippen LogP contribution is 2.77. The van der Waals surface area contributed by atoms with Crippen LogP contribution in [0.3, 0.4) is 0 Å². The third-order valence-electron chi connectivity index (χ3n) is 8.32. The van der Waals surface area contributed by atoms with Gasteiger partial charge < -0.3 is 10.1 Å². The van der Waals surface area contributed by atoms with Gasteiger partial charge in [0.25, 0.3) is 0 Å². The van der Waals surface area contributed by atoms with Crippen LogP contribution in [-0.2, 0) is 11.2 Å². The highest BCUT2D eigenvalue weighted by atomic mass is 19.4. The Labute approximate surface area is 203 Å². The topological polar surface area (TPSA) is 56.3 Å². The van der Waals surface area contributed by atoms with E-state index in [1.54, 1.807) is 0 Å². The number of alkyl halides is 3. The van der Waals surface area contributed by atoms with E-state index in [0.717, 1.165) is 40.8 Å². The molecule has 0 spiro atoms. The Bertz CT molecular complexity index is 1400. The molecule has 3 saturated carbocycles. The fourth-order valence-corrected chi connectivity index (χ4v) is 6.92. The van der Waals surface area contributed by atoms with E-state index in [9.17, 15) is 18.0 Å². The molecule has 36 heavy (non-hydrogen) atoms. The maximum Gasteiger partial charge on any atom is 0.394 e. The number of carboxylic acids is 1. The van der Waals surface area contributed by atoms with Crippen molar-refractivity contribution in [3.05, 3.63) is 76.5 Å². The summed E-state index contributed by atoms with van der Waals surface area (Å²) in [5.41, 5.74) is -0.391. The van der Waals surface area contributed by atoms with Gasteiger partial charge in [-0.3, -0.25) is 4.90 Å². The Balaban J connectivity index is 1.50. The van der Waals surface area contributed by atoms with E-state index in [0.29, 0.717) is 12.1 Å². The lowest BCUT2D eigenvalue weighted by Crippen LogP contribution is -2.80. The third-order valence-corrected chi connectivity index (χ3v) is 8.32. The van der Waals surface area contributed by atoms with Crippen molar-refractivity contribution in [2.75, 3.05) is 0 Å². The van der Waals surface area contributed by atoms with Crippen LogP contribution in [-0.4, -0.2) is 38.7 Å². The molecule has 3 fully saturated rings. The van der Waals surface area contributed by atoms with Gasteiger partial charge >= 0.3 is 12.1 Å². The SMILES string of the molecule is C[C@H]1Cc2c([nH]c3ccccc23)[C@H](c2c(F)cc(/C=C/C(=O)O)cc2F)N1C12CC(C(F)(F)F)(C1)C2. The molecule has 1 aliphatic heterocycles. The Morgan fingerprint density at radius 1 is 1.14 bits per heavy atom. The second kappa shape index (κ2) is 7.41. The van der Waals surface area contributed by atoms with Crippen LogP contribution in [0.4, 0.5) is 22.0 Å². The lowest BCUT2D eigenvalue weighted by molar-refractivity contribution is -0.369. The van der Waals surface area contributed by atoms with Gasteiger partial charge in [-0.2, -0.15) is 13.2 Å². The minimum absolute atomic E-state index is 0.0463. The first-order valence-electron chi connectivity index (χ1n) is 11.8. The predicted molar refractivity (Wildman–Crippen MR) is 123 cm³/mol. The molecule has 2 atom stereocenters. The van der Waals surface area contributed by atoms with Crippen molar-refractivity contribution >= 4 is 22.9 Å². The number of carboxylic acid groups (broad SMARTS) is 1. The number of aromatic amines is 1. The van der Waals surface area contributed by atoms with Crippen LogP contribution in [0.5, 0.6) is 0 Å². The van der Waals surface area contributed by atoms with Crippen LogP contribution in [0.15, 0.2) is 42.5 Å². The van der Waals surface area contributed by atoms with Gasteiger partial charge in [-0.1, -0.05) is 18.2 Å². The third kappa shape index (κ3) is 3.11. The summed E-state index contributed by atoms with van der Waals surface area (Å²) in [6.45, 7) is 1.90. The van der Waals surface area contributed by atoms with Crippen molar-refractivity contribution in [3.63, 3.8) is 0 Å². The molecule has 2 bridgehead atoms. The molecule has 4 aliphatic rings. The van der Waals surface area contributed by atoms with Gasteiger partial charge in [0, 0.05) is 39.8 Å². The van der Waals surface area contributed by atoms with E-state index in [-0.39, 0.29) is 36.4 Å². The first-order chi connectivity index (χ1) is 16.9. The van der Waals surface area contributed by atoms with Gasteiger partial charge in [0.15, 0.2) is 0 Å². The van der Waals surface area contributed by atoms with Crippen LogP contribution in [0.25, 0.3) is 17.0 Å². The van der Waals surface area contributed by atoms with Crippen LogP contribution in [0.1, 0.15) is 54.6 Å². The lowest BCUT2D eigenvalue weighted by atomic mass is 9.38. The molecule has 0 amide bonds. The summed E-state index contributed by atoms with van der Waals surface area (Å²) < 4.78 is 72.2. The van der Waals surface area contributed by atoms with Gasteiger partial charge in [0.1, 0.15) is 11.6 Å². The summed E-state index contributed by atoms with van der Waals surface area (Å²) in [5.74, 6) is -2.99. The number of hydrogen-bond acceptors (Lipinski definition) is 2. The Morgan fingerprint density at radius 2 is 1.78 bits per heavy atom. The zero-order chi connectivity index (χ0) is 25.6. The van der Waals surface area contributed by atoms with Crippen LogP contribution in [0.2, 0.25) is 0 Å². The van der Waals surface area contributed by atoms with Crippen molar-refractivity contribution in [1.29, 1.82) is 0 Å². The largest absolute Gasteiger partial charge is 0.478 e. The molecule has 2 heterocycles. The number of para-hydroxylation sites is 1. The van der Waals surface area contributed by atoms with Crippen LogP contribution < -0.4 is 0 Å². The summed E-state index contributed by atoms with van der Waals surface area (Å²) in [6, 6.07) is 8.45. The summed E-state index contributed by atoms with van der Waals surface area (Å²) >= 11 is 0. The molecule has 1 aromatic heterocycles. The number of nitrogens with zero attached hydrogens (tertiary/aromatic N) is 1. The number of halogens is 5. The molecule has 4 nitrogen and oxygen atoms in total. The number of nitrogens with one attached hydrogen (secondary N) is 1. The zero-order valence-corrected chi connectivity index (χ0v) is 19.3. The molecule has 2 N–H and O–H groups in total. The molecule has 188 valence electrons. The molecular weight excluding hydrogens is 479 g/mol. The summed E-state index contributed by atoms with van der Waals surface area (Å²) in [5, 5.41) is 9.78. The highest BCUT2D eigenvalue weighted by molar-refractivity contribution is 5.86. The predicted octanol–water partition coefficient (Wildman–Crippen LogP) is 6.36. The fraction of sp³-hybridized carbons (Fsp3) is 0.370. The first kappa shape index (κ1) is 23.2. The summed E-state index contributed by atoms with van der Waals surface area (Å²) in [7, 11) is 0. The zero-order valence-electron chi connectivity index (χ0n) is 19.3. The van der Waals surface area contributed by atoms with E-state index in [2.05, 4.69) is 4.98 Å². The van der Waals surface area contributed by atoms with Crippen LogP contribution >= 0.6 is 0 Å².